The first-order chi connectivity index (χ1) is 4.20. The second kappa shape index (κ2) is 4.36. The predicted molar refractivity (Wildman–Crippen MR) is 49.2 cm³/mol. The molecule has 0 aliphatic rings. The van der Waals surface area contributed by atoms with E-state index in [0.29, 0.717) is 0 Å². The minimum atomic E-state index is 0. The van der Waals surface area contributed by atoms with E-state index >= 15 is 0 Å². The Bertz CT molecular complexity index is 225. The van der Waals surface area contributed by atoms with Crippen LogP contribution in [-0.2, 0) is 0 Å². The molecule has 0 saturated carbocycles. The second-order valence-corrected chi connectivity index (χ2v) is 2.84. The van der Waals surface area contributed by atoms with Crippen LogP contribution in [0.15, 0.2) is 23.1 Å². The van der Waals surface area contributed by atoms with Crippen molar-refractivity contribution in [3.05, 3.63) is 28.8 Å². The average molecular weight is 166 g/mol. The smallest absolute Gasteiger partial charge is 0.0541 e. The van der Waals surface area contributed by atoms with Gasteiger partial charge in [0, 0.05) is 23.8 Å². The number of hydrogen-bond donors (Lipinski definition) is 1. The van der Waals surface area contributed by atoms with Crippen LogP contribution >= 0.6 is 24.2 Å². The van der Waals surface area contributed by atoms with Crippen molar-refractivity contribution in [1.82, 2.24) is 0 Å². The zero-order valence-electron chi connectivity index (χ0n) is 6.06. The number of benzene rings is 1. The third kappa shape index (κ3) is 2.60. The molecular weight excluding hydrogens is 159 g/mol. The van der Waals surface area contributed by atoms with Gasteiger partial charge < -0.3 is 0 Å². The van der Waals surface area contributed by atoms with Crippen molar-refractivity contribution < 1.29 is 0 Å². The Morgan fingerprint density at radius 1 is 1.40 bits per heavy atom. The summed E-state index contributed by atoms with van der Waals surface area (Å²) in [5.74, 6) is 0. The largest absolute Gasteiger partial charge is 0.142 e. The van der Waals surface area contributed by atoms with Gasteiger partial charge in [-0.1, -0.05) is 17.7 Å². The van der Waals surface area contributed by atoms with Crippen molar-refractivity contribution in [2.24, 2.45) is 0 Å². The Balaban J connectivity index is 0.000000810. The Hall–Kier alpha value is 0.457. The van der Waals surface area contributed by atoms with Gasteiger partial charge >= 0.3 is 0 Å². The van der Waals surface area contributed by atoms with Crippen LogP contribution in [0.1, 0.15) is 5.56 Å². The Morgan fingerprint density at radius 3 is 2.40 bits per heavy atom. The van der Waals surface area contributed by atoms with Crippen LogP contribution in [-0.4, -0.2) is 18.9 Å². The summed E-state index contributed by atoms with van der Waals surface area (Å²) in [7, 11) is 0. The fraction of sp³-hybridized carbons (Fsp3) is 0.143. The Kier molecular flexibility index (Phi) is 4.56. The molecule has 0 aliphatic heterocycles. The van der Waals surface area contributed by atoms with E-state index in [1.54, 1.807) is 0 Å². The topological polar surface area (TPSA) is 0 Å². The second-order valence-electron chi connectivity index (χ2n) is 1.95. The van der Waals surface area contributed by atoms with Crippen LogP contribution in [0.5, 0.6) is 0 Å². The summed E-state index contributed by atoms with van der Waals surface area (Å²) >= 11 is 9.85. The first-order valence-corrected chi connectivity index (χ1v) is 3.48. The first-order valence-electron chi connectivity index (χ1n) is 2.65. The van der Waals surface area contributed by atoms with Crippen molar-refractivity contribution in [2.45, 2.75) is 11.8 Å². The molecule has 0 unspecified atom stereocenters. The summed E-state index contributed by atoms with van der Waals surface area (Å²) in [5.41, 5.74) is 1.16. The monoisotopic (exact) mass is 165 g/mol. The quantitative estimate of drug-likeness (QED) is 0.443. The van der Waals surface area contributed by atoms with Gasteiger partial charge in [-0.2, -0.15) is 0 Å². The number of aryl methyl sites for hydroxylation is 1. The molecule has 1 aromatic carbocycles. The average Bonchev–Trinajstić information content (AvgIpc) is 1.80. The number of hydrogen-bond acceptors (Lipinski definition) is 1. The van der Waals surface area contributed by atoms with E-state index in [1.165, 1.54) is 0 Å². The van der Waals surface area contributed by atoms with Gasteiger partial charge in [0.15, 0.2) is 0 Å². The fourth-order valence-corrected chi connectivity index (χ4v) is 0.986. The van der Waals surface area contributed by atoms with Gasteiger partial charge in [-0.15, -0.1) is 12.6 Å². The molecule has 1 rings (SSSR count). The van der Waals surface area contributed by atoms with Gasteiger partial charge in [0.25, 0.3) is 0 Å². The van der Waals surface area contributed by atoms with E-state index in [4.69, 9.17) is 11.6 Å². The maximum Gasteiger partial charge on any atom is 0.0541 e. The first kappa shape index (κ1) is 10.5. The van der Waals surface area contributed by atoms with E-state index in [2.05, 4.69) is 12.6 Å². The summed E-state index contributed by atoms with van der Waals surface area (Å²) in [5, 5.41) is 0.721. The summed E-state index contributed by atoms with van der Waals surface area (Å²) in [6.07, 6.45) is 0. The third-order valence-corrected chi connectivity index (χ3v) is 1.94. The van der Waals surface area contributed by atoms with Crippen LogP contribution in [0.25, 0.3) is 0 Å². The molecule has 0 saturated heterocycles. The predicted octanol–water partition coefficient (Wildman–Crippen LogP) is 2.56. The van der Waals surface area contributed by atoms with Crippen LogP contribution < -0.4 is 0 Å². The summed E-state index contributed by atoms with van der Waals surface area (Å²) in [6, 6.07) is 5.76. The van der Waals surface area contributed by atoms with E-state index in [-0.39, 0.29) is 18.9 Å². The number of rotatable bonds is 0. The Morgan fingerprint density at radius 2 is 2.00 bits per heavy atom. The van der Waals surface area contributed by atoms with Crippen LogP contribution in [0, 0.1) is 6.92 Å². The molecule has 10 heavy (non-hydrogen) atoms. The zero-order chi connectivity index (χ0) is 6.85. The molecule has 0 nitrogen and oxygen atoms in total. The molecule has 0 atom stereocenters. The molecule has 49 valence electrons. The van der Waals surface area contributed by atoms with E-state index in [0.717, 1.165) is 15.5 Å². The van der Waals surface area contributed by atoms with Crippen molar-refractivity contribution >= 4 is 43.1 Å². The number of halogens is 1. The SMILES string of the molecule is Cc1ccc(S)c(Cl)c1.[Li]. The molecule has 0 heterocycles. The molecule has 0 aromatic heterocycles. The third-order valence-electron chi connectivity index (χ3n) is 1.10. The molecule has 0 spiro atoms. The molecule has 3 heteroatoms. The fourth-order valence-electron chi connectivity index (χ4n) is 0.612. The maximum atomic E-state index is 5.74. The minimum Gasteiger partial charge on any atom is -0.142 e. The van der Waals surface area contributed by atoms with Crippen molar-refractivity contribution in [3.63, 3.8) is 0 Å². The minimum absolute atomic E-state index is 0. The normalized spacial score (nSPS) is 8.70. The van der Waals surface area contributed by atoms with E-state index in [9.17, 15) is 0 Å². The van der Waals surface area contributed by atoms with E-state index < -0.39 is 0 Å². The number of thiol groups is 1. The van der Waals surface area contributed by atoms with Crippen molar-refractivity contribution in [2.75, 3.05) is 0 Å². The summed E-state index contributed by atoms with van der Waals surface area (Å²) < 4.78 is 0. The molecule has 0 aliphatic carbocycles. The zero-order valence-corrected chi connectivity index (χ0v) is 7.71. The molecule has 1 radical (unpaired) electrons. The summed E-state index contributed by atoms with van der Waals surface area (Å²) in [4.78, 5) is 0.835. The standard InChI is InChI=1S/C7H7ClS.Li/c1-5-2-3-7(9)6(8)4-5;/h2-4,9H,1H3;. The van der Waals surface area contributed by atoms with Gasteiger partial charge in [0.05, 0.1) is 5.02 Å². The van der Waals surface area contributed by atoms with Gasteiger partial charge in [-0.25, -0.2) is 0 Å². The molecule has 1 aromatic rings. The maximum absolute atomic E-state index is 5.74. The molecule has 0 bridgehead atoms. The van der Waals surface area contributed by atoms with E-state index in [1.807, 2.05) is 25.1 Å². The van der Waals surface area contributed by atoms with Crippen LogP contribution in [0.2, 0.25) is 5.02 Å². The Labute approximate surface area is 83.6 Å². The molecule has 0 amide bonds. The van der Waals surface area contributed by atoms with Crippen LogP contribution in [0.4, 0.5) is 0 Å². The van der Waals surface area contributed by atoms with Gasteiger partial charge in [0.2, 0.25) is 0 Å². The van der Waals surface area contributed by atoms with Crippen molar-refractivity contribution in [1.29, 1.82) is 0 Å². The van der Waals surface area contributed by atoms with Crippen LogP contribution in [0.3, 0.4) is 0 Å². The summed E-state index contributed by atoms with van der Waals surface area (Å²) in [6.45, 7) is 2.00. The molecular formula is C7H7ClLiS. The van der Waals surface area contributed by atoms with Gasteiger partial charge in [-0.3, -0.25) is 0 Å². The molecule has 0 fully saturated rings. The van der Waals surface area contributed by atoms with Gasteiger partial charge in [-0.05, 0) is 24.6 Å². The van der Waals surface area contributed by atoms with Crippen molar-refractivity contribution in [3.8, 4) is 0 Å². The molecule has 0 N–H and O–H groups in total. The van der Waals surface area contributed by atoms with Gasteiger partial charge in [0.1, 0.15) is 0 Å².